The largest absolute Gasteiger partial charge is 0.445 e. The lowest BCUT2D eigenvalue weighted by Crippen LogP contribution is -2.45. The number of nitrogens with zero attached hydrogens (tertiary/aromatic N) is 2. The van der Waals surface area contributed by atoms with Gasteiger partial charge in [0.1, 0.15) is 6.61 Å². The number of carbonyl (C=O) groups is 2. The van der Waals surface area contributed by atoms with Crippen molar-refractivity contribution >= 4 is 33.4 Å². The normalized spacial score (nSPS) is 30.8. The summed E-state index contributed by atoms with van der Waals surface area (Å²) >= 11 is 6.03. The Morgan fingerprint density at radius 2 is 1.71 bits per heavy atom. The third kappa shape index (κ3) is 4.90. The highest BCUT2D eigenvalue weighted by Gasteiger charge is 2.46. The molecule has 1 aromatic rings. The number of ether oxygens (including phenoxy) is 1. The van der Waals surface area contributed by atoms with Gasteiger partial charge in [0.05, 0.1) is 4.90 Å². The molecule has 5 atom stereocenters. The number of hydrazine groups is 2. The highest BCUT2D eigenvalue weighted by molar-refractivity contribution is 7.90. The topological polar surface area (TPSA) is 120 Å². The van der Waals surface area contributed by atoms with Crippen LogP contribution in [0.2, 0.25) is 5.02 Å². The number of likely N-dealkylation sites (tertiary alicyclic amines) is 2. The van der Waals surface area contributed by atoms with E-state index in [1.165, 1.54) is 12.1 Å². The van der Waals surface area contributed by atoms with Gasteiger partial charge < -0.3 is 14.5 Å². The van der Waals surface area contributed by atoms with E-state index >= 15 is 0 Å². The number of hydrogen-bond acceptors (Lipinski definition) is 8. The van der Waals surface area contributed by atoms with E-state index in [1.807, 2.05) is 4.90 Å². The summed E-state index contributed by atoms with van der Waals surface area (Å²) in [6, 6.07) is 5.10. The van der Waals surface area contributed by atoms with E-state index in [9.17, 15) is 18.0 Å². The van der Waals surface area contributed by atoms with Crippen molar-refractivity contribution in [2.45, 2.75) is 42.8 Å². The molecule has 186 valence electrons. The minimum absolute atomic E-state index is 0.0462. The number of fused-ring (bicyclic) bond motifs is 2. The van der Waals surface area contributed by atoms with Crippen molar-refractivity contribution in [3.05, 3.63) is 28.8 Å². The second-order valence-corrected chi connectivity index (χ2v) is 12.4. The van der Waals surface area contributed by atoms with E-state index in [1.54, 1.807) is 11.0 Å². The van der Waals surface area contributed by atoms with E-state index in [4.69, 9.17) is 16.3 Å². The van der Waals surface area contributed by atoms with Crippen LogP contribution in [0.1, 0.15) is 24.8 Å². The van der Waals surface area contributed by atoms with Crippen molar-refractivity contribution in [2.24, 2.45) is 17.8 Å². The minimum atomic E-state index is -3.41. The molecule has 2 amide bonds. The molecule has 2 unspecified atom stereocenters. The number of halogens is 1. The van der Waals surface area contributed by atoms with Gasteiger partial charge in [0.15, 0.2) is 9.84 Å². The van der Waals surface area contributed by atoms with Crippen LogP contribution in [0.3, 0.4) is 0 Å². The van der Waals surface area contributed by atoms with E-state index in [2.05, 4.69) is 16.4 Å². The Bertz CT molecular complexity index is 1070. The summed E-state index contributed by atoms with van der Waals surface area (Å²) in [6.07, 6.45) is 3.37. The van der Waals surface area contributed by atoms with Gasteiger partial charge in [-0.25, -0.2) is 24.1 Å². The van der Waals surface area contributed by atoms with Gasteiger partial charge in [0.2, 0.25) is 5.91 Å². The van der Waals surface area contributed by atoms with Crippen LogP contribution in [0.25, 0.3) is 0 Å². The molecule has 4 aliphatic rings. The fraction of sp³-hybridized carbons (Fsp3) is 0.636. The third-order valence-corrected chi connectivity index (χ3v) is 8.80. The molecule has 34 heavy (non-hydrogen) atoms. The molecule has 0 spiro atoms. The molecule has 5 rings (SSSR count). The average molecular weight is 512 g/mol. The van der Waals surface area contributed by atoms with Crippen LogP contribution < -0.4 is 16.4 Å². The van der Waals surface area contributed by atoms with Gasteiger partial charge in [0, 0.05) is 67.3 Å². The molecule has 0 aromatic heterocycles. The highest BCUT2D eigenvalue weighted by atomic mass is 35.5. The zero-order valence-corrected chi connectivity index (χ0v) is 20.6. The first-order valence-corrected chi connectivity index (χ1v) is 13.9. The second kappa shape index (κ2) is 9.27. The van der Waals surface area contributed by atoms with Gasteiger partial charge in [-0.15, -0.1) is 0 Å². The summed E-state index contributed by atoms with van der Waals surface area (Å²) < 4.78 is 29.1. The molecule has 10 nitrogen and oxygen atoms in total. The maximum atomic E-state index is 13.1. The molecule has 3 saturated heterocycles. The van der Waals surface area contributed by atoms with Crippen molar-refractivity contribution < 1.29 is 22.7 Å². The number of carbonyl (C=O) groups excluding carboxylic acids is 2. The Morgan fingerprint density at radius 1 is 1.03 bits per heavy atom. The standard InChI is InChI=1S/C22H30ClN5O5S/c1-34(31,32)18-5-13(4-17(23)7-18)12-33-22(30)28-10-15-8-27(9-16(15)11-28)21(29)14-2-3-19-20(6-14)25-26-24-19/h4-5,7,14-16,19-20,24-26H,2-3,6,8-12H2,1H3/t14-,15+,16+,19?,20?/m1/s1. The van der Waals surface area contributed by atoms with Gasteiger partial charge in [-0.1, -0.05) is 11.6 Å². The van der Waals surface area contributed by atoms with Crippen molar-refractivity contribution in [3.63, 3.8) is 0 Å². The maximum Gasteiger partial charge on any atom is 0.410 e. The zero-order chi connectivity index (χ0) is 24.0. The molecule has 3 N–H and O–H groups in total. The lowest BCUT2D eigenvalue weighted by atomic mass is 9.82. The van der Waals surface area contributed by atoms with Gasteiger partial charge in [-0.3, -0.25) is 4.79 Å². The van der Waals surface area contributed by atoms with Gasteiger partial charge in [-0.2, -0.15) is 5.53 Å². The van der Waals surface area contributed by atoms with Gasteiger partial charge in [0.25, 0.3) is 0 Å². The second-order valence-electron chi connectivity index (χ2n) is 9.93. The van der Waals surface area contributed by atoms with Crippen molar-refractivity contribution in [3.8, 4) is 0 Å². The molecule has 1 aliphatic carbocycles. The quantitative estimate of drug-likeness (QED) is 0.546. The fourth-order valence-corrected chi connectivity index (χ4v) is 6.72. The summed E-state index contributed by atoms with van der Waals surface area (Å²) in [6.45, 7) is 2.41. The first kappa shape index (κ1) is 23.8. The highest BCUT2D eigenvalue weighted by Crippen LogP contribution is 2.35. The van der Waals surface area contributed by atoms with Crippen LogP contribution in [0.15, 0.2) is 23.1 Å². The van der Waals surface area contributed by atoms with Gasteiger partial charge >= 0.3 is 6.09 Å². The molecule has 1 saturated carbocycles. The molecule has 12 heteroatoms. The molecule has 3 aliphatic heterocycles. The van der Waals surface area contributed by atoms with Crippen LogP contribution in [0, 0.1) is 17.8 Å². The Labute approximate surface area is 204 Å². The number of hydrogen-bond donors (Lipinski definition) is 3. The molecular formula is C22H30ClN5O5S. The molecule has 4 fully saturated rings. The third-order valence-electron chi connectivity index (χ3n) is 7.49. The Hall–Kier alpha value is -1.92. The molecule has 0 bridgehead atoms. The SMILES string of the molecule is CS(=O)(=O)c1cc(Cl)cc(COC(=O)N2C[C@@H]3CN(C(=O)[C@@H]4CCC5NNNC5C4)C[C@H]3C2)c1. The van der Waals surface area contributed by atoms with Crippen molar-refractivity contribution in [1.29, 1.82) is 0 Å². The number of sulfone groups is 1. The van der Waals surface area contributed by atoms with E-state index in [0.717, 1.165) is 25.5 Å². The van der Waals surface area contributed by atoms with Crippen LogP contribution in [0.5, 0.6) is 0 Å². The Morgan fingerprint density at radius 3 is 2.41 bits per heavy atom. The number of amides is 2. The molecule has 1 aromatic carbocycles. The number of rotatable bonds is 4. The fourth-order valence-electron chi connectivity index (χ4n) is 5.69. The lowest BCUT2D eigenvalue weighted by molar-refractivity contribution is -0.136. The summed E-state index contributed by atoms with van der Waals surface area (Å²) in [7, 11) is -3.41. The van der Waals surface area contributed by atoms with Crippen molar-refractivity contribution in [1.82, 2.24) is 26.2 Å². The van der Waals surface area contributed by atoms with Gasteiger partial charge in [-0.05, 0) is 43.0 Å². The first-order chi connectivity index (χ1) is 16.2. The predicted molar refractivity (Wildman–Crippen MR) is 124 cm³/mol. The van der Waals surface area contributed by atoms with E-state index in [0.29, 0.717) is 37.8 Å². The van der Waals surface area contributed by atoms with Crippen LogP contribution in [-0.2, 0) is 26.0 Å². The van der Waals surface area contributed by atoms with Crippen molar-refractivity contribution in [2.75, 3.05) is 32.4 Å². The number of benzene rings is 1. The molecular weight excluding hydrogens is 482 g/mol. The van der Waals surface area contributed by atoms with E-state index in [-0.39, 0.29) is 46.2 Å². The lowest BCUT2D eigenvalue weighted by Gasteiger charge is -2.32. The number of nitrogens with one attached hydrogen (secondary N) is 3. The Kier molecular flexibility index (Phi) is 6.49. The Balaban J connectivity index is 1.12. The average Bonchev–Trinajstić information content (AvgIpc) is 3.50. The molecule has 0 radical (unpaired) electrons. The van der Waals surface area contributed by atoms with Crippen LogP contribution >= 0.6 is 11.6 Å². The van der Waals surface area contributed by atoms with Crippen LogP contribution in [-0.4, -0.2) is 74.7 Å². The monoisotopic (exact) mass is 511 g/mol. The zero-order valence-electron chi connectivity index (χ0n) is 19.0. The summed E-state index contributed by atoms with van der Waals surface area (Å²) in [5.41, 5.74) is 9.89. The van der Waals surface area contributed by atoms with Crippen LogP contribution in [0.4, 0.5) is 4.79 Å². The smallest absolute Gasteiger partial charge is 0.410 e. The summed E-state index contributed by atoms with van der Waals surface area (Å²) in [4.78, 5) is 29.5. The first-order valence-electron chi connectivity index (χ1n) is 11.6. The summed E-state index contributed by atoms with van der Waals surface area (Å²) in [5, 5.41) is 0.277. The molecule has 3 heterocycles. The summed E-state index contributed by atoms with van der Waals surface area (Å²) in [5.74, 6) is 0.788. The maximum absolute atomic E-state index is 13.1. The van der Waals surface area contributed by atoms with E-state index < -0.39 is 15.9 Å². The minimum Gasteiger partial charge on any atom is -0.445 e. The predicted octanol–water partition coefficient (Wildman–Crippen LogP) is 0.920.